The molecule has 1 N–H and O–H groups in total. The van der Waals surface area contributed by atoms with E-state index < -0.39 is 0 Å². The van der Waals surface area contributed by atoms with E-state index in [-0.39, 0.29) is 5.38 Å². The van der Waals surface area contributed by atoms with Gasteiger partial charge in [0.2, 0.25) is 0 Å². The molecule has 0 aromatic heterocycles. The zero-order chi connectivity index (χ0) is 13.1. The summed E-state index contributed by atoms with van der Waals surface area (Å²) in [6.45, 7) is 3.12. The van der Waals surface area contributed by atoms with Gasteiger partial charge < -0.3 is 5.32 Å². The summed E-state index contributed by atoms with van der Waals surface area (Å²) in [5.74, 6) is 0. The van der Waals surface area contributed by atoms with Gasteiger partial charge in [-0.1, -0.05) is 63.6 Å². The highest BCUT2D eigenvalue weighted by atomic mass is 35.5. The molecule has 0 saturated heterocycles. The third-order valence-corrected chi connectivity index (χ3v) is 3.54. The lowest BCUT2D eigenvalue weighted by atomic mass is 10.1. The molecule has 2 heteroatoms. The lowest BCUT2D eigenvalue weighted by Gasteiger charge is -2.11. The molecule has 1 rings (SSSR count). The Morgan fingerprint density at radius 2 is 1.67 bits per heavy atom. The van der Waals surface area contributed by atoms with Crippen molar-refractivity contribution in [1.29, 1.82) is 0 Å². The van der Waals surface area contributed by atoms with Crippen LogP contribution >= 0.6 is 11.6 Å². The Morgan fingerprint density at radius 3 is 2.39 bits per heavy atom. The molecule has 0 saturated carbocycles. The largest absolute Gasteiger partial charge is 0.384 e. The molecular formula is C16H26ClN. The molecule has 0 aliphatic rings. The van der Waals surface area contributed by atoms with Gasteiger partial charge in [-0.3, -0.25) is 0 Å². The number of hydrogen-bond acceptors (Lipinski definition) is 1. The van der Waals surface area contributed by atoms with Gasteiger partial charge in [0.1, 0.15) is 0 Å². The second-order valence-electron chi connectivity index (χ2n) is 4.90. The number of unbranched alkanes of at least 4 members (excludes halogenated alkanes) is 5. The Morgan fingerprint density at radius 1 is 1.00 bits per heavy atom. The molecule has 0 amide bonds. The number of halogens is 1. The Kier molecular flexibility index (Phi) is 8.75. The van der Waals surface area contributed by atoms with Crippen LogP contribution in [0.5, 0.6) is 0 Å². The highest BCUT2D eigenvalue weighted by Gasteiger charge is 2.03. The fourth-order valence-electron chi connectivity index (χ4n) is 2.03. The summed E-state index contributed by atoms with van der Waals surface area (Å²) in [5, 5.41) is 3.62. The van der Waals surface area contributed by atoms with Crippen molar-refractivity contribution in [2.45, 2.75) is 57.2 Å². The van der Waals surface area contributed by atoms with E-state index >= 15 is 0 Å². The van der Waals surface area contributed by atoms with Crippen LogP contribution in [-0.4, -0.2) is 11.9 Å². The second-order valence-corrected chi connectivity index (χ2v) is 5.52. The van der Waals surface area contributed by atoms with Crippen LogP contribution in [0.3, 0.4) is 0 Å². The Bertz CT molecular complexity index is 286. The molecule has 0 bridgehead atoms. The minimum Gasteiger partial charge on any atom is -0.384 e. The molecule has 0 spiro atoms. The maximum Gasteiger partial charge on any atom is 0.0508 e. The Hall–Kier alpha value is -0.690. The molecule has 1 unspecified atom stereocenters. The van der Waals surface area contributed by atoms with E-state index in [9.17, 15) is 0 Å². The van der Waals surface area contributed by atoms with Crippen molar-refractivity contribution in [2.75, 3.05) is 11.9 Å². The molecule has 1 nitrogen and oxygen atoms in total. The Labute approximate surface area is 117 Å². The minimum absolute atomic E-state index is 0.247. The number of anilines is 1. The first-order chi connectivity index (χ1) is 8.83. The second kappa shape index (κ2) is 10.3. The normalized spacial score (nSPS) is 12.3. The van der Waals surface area contributed by atoms with Crippen molar-refractivity contribution < 1.29 is 0 Å². The molecule has 1 aromatic carbocycles. The van der Waals surface area contributed by atoms with Crippen molar-refractivity contribution in [1.82, 2.24) is 0 Å². The van der Waals surface area contributed by atoms with Crippen LogP contribution in [0, 0.1) is 0 Å². The molecule has 1 atom stereocenters. The molecule has 0 radical (unpaired) electrons. The molecule has 102 valence electrons. The van der Waals surface area contributed by atoms with E-state index in [2.05, 4.69) is 24.4 Å². The number of nitrogens with one attached hydrogen (secondary N) is 1. The third-order valence-electron chi connectivity index (χ3n) is 3.17. The van der Waals surface area contributed by atoms with Crippen LogP contribution in [0.25, 0.3) is 0 Å². The van der Waals surface area contributed by atoms with Crippen LogP contribution in [0.4, 0.5) is 5.69 Å². The molecule has 18 heavy (non-hydrogen) atoms. The van der Waals surface area contributed by atoms with E-state index in [1.54, 1.807) is 0 Å². The number of alkyl halides is 1. The average molecular weight is 268 g/mol. The summed E-state index contributed by atoms with van der Waals surface area (Å²) in [6.07, 6.45) is 9.14. The Balaban J connectivity index is 1.99. The highest BCUT2D eigenvalue weighted by molar-refractivity contribution is 6.20. The van der Waals surface area contributed by atoms with Gasteiger partial charge in [0.15, 0.2) is 0 Å². The molecule has 0 heterocycles. The summed E-state index contributed by atoms with van der Waals surface area (Å²) in [5.41, 5.74) is 1.16. The molecule has 0 aliphatic carbocycles. The van der Waals surface area contributed by atoms with Gasteiger partial charge in [0.05, 0.1) is 5.38 Å². The van der Waals surface area contributed by atoms with Gasteiger partial charge >= 0.3 is 0 Å². The first kappa shape index (κ1) is 15.4. The average Bonchev–Trinajstić information content (AvgIpc) is 2.41. The standard InChI is InChI=1S/C16H26ClN/c1-2-3-4-5-6-8-11-15(17)14-18-16-12-9-7-10-13-16/h7,9-10,12-13,15,18H,2-6,8,11,14H2,1H3. The van der Waals surface area contributed by atoms with Gasteiger partial charge in [-0.2, -0.15) is 0 Å². The van der Waals surface area contributed by atoms with Crippen molar-refractivity contribution in [3.63, 3.8) is 0 Å². The van der Waals surface area contributed by atoms with Crippen LogP contribution in [0.2, 0.25) is 0 Å². The maximum absolute atomic E-state index is 6.31. The van der Waals surface area contributed by atoms with Crippen LogP contribution < -0.4 is 5.32 Å². The first-order valence-corrected chi connectivity index (χ1v) is 7.69. The minimum atomic E-state index is 0.247. The quantitative estimate of drug-likeness (QED) is 0.439. The number of rotatable bonds is 10. The lowest BCUT2D eigenvalue weighted by molar-refractivity contribution is 0.583. The maximum atomic E-state index is 6.31. The van der Waals surface area contributed by atoms with Gasteiger partial charge in [-0.15, -0.1) is 11.6 Å². The number of benzene rings is 1. The summed E-state index contributed by atoms with van der Waals surface area (Å²) in [4.78, 5) is 0. The third kappa shape index (κ3) is 7.60. The fourth-order valence-corrected chi connectivity index (χ4v) is 2.26. The van der Waals surface area contributed by atoms with Crippen molar-refractivity contribution in [2.24, 2.45) is 0 Å². The predicted octanol–water partition coefficient (Wildman–Crippen LogP) is 5.46. The van der Waals surface area contributed by atoms with Gasteiger partial charge in [-0.25, -0.2) is 0 Å². The van der Waals surface area contributed by atoms with Gasteiger partial charge in [-0.05, 0) is 18.6 Å². The van der Waals surface area contributed by atoms with E-state index in [1.165, 1.54) is 38.5 Å². The monoisotopic (exact) mass is 267 g/mol. The van der Waals surface area contributed by atoms with Crippen molar-refractivity contribution in [3.8, 4) is 0 Å². The fraction of sp³-hybridized carbons (Fsp3) is 0.625. The summed E-state index contributed by atoms with van der Waals surface area (Å²) >= 11 is 6.31. The first-order valence-electron chi connectivity index (χ1n) is 7.26. The summed E-state index contributed by atoms with van der Waals surface area (Å²) < 4.78 is 0. The lowest BCUT2D eigenvalue weighted by Crippen LogP contribution is -2.14. The summed E-state index contributed by atoms with van der Waals surface area (Å²) in [7, 11) is 0. The number of para-hydroxylation sites is 1. The molecular weight excluding hydrogens is 242 g/mol. The molecule has 0 fully saturated rings. The van der Waals surface area contributed by atoms with Crippen LogP contribution in [0.15, 0.2) is 30.3 Å². The molecule has 0 aliphatic heterocycles. The van der Waals surface area contributed by atoms with Crippen LogP contribution in [-0.2, 0) is 0 Å². The van der Waals surface area contributed by atoms with Crippen LogP contribution in [0.1, 0.15) is 51.9 Å². The van der Waals surface area contributed by atoms with E-state index in [4.69, 9.17) is 11.6 Å². The zero-order valence-electron chi connectivity index (χ0n) is 11.5. The highest BCUT2D eigenvalue weighted by Crippen LogP contribution is 2.13. The van der Waals surface area contributed by atoms with Gasteiger partial charge in [0.25, 0.3) is 0 Å². The zero-order valence-corrected chi connectivity index (χ0v) is 12.3. The van der Waals surface area contributed by atoms with E-state index in [1.807, 2.05) is 18.2 Å². The van der Waals surface area contributed by atoms with Crippen molar-refractivity contribution in [3.05, 3.63) is 30.3 Å². The molecule has 1 aromatic rings. The number of hydrogen-bond donors (Lipinski definition) is 1. The van der Waals surface area contributed by atoms with E-state index in [0.717, 1.165) is 18.7 Å². The topological polar surface area (TPSA) is 12.0 Å². The SMILES string of the molecule is CCCCCCCCC(Cl)CNc1ccccc1. The summed E-state index contributed by atoms with van der Waals surface area (Å²) in [6, 6.07) is 10.3. The van der Waals surface area contributed by atoms with E-state index in [0.29, 0.717) is 0 Å². The smallest absolute Gasteiger partial charge is 0.0508 e. The van der Waals surface area contributed by atoms with Crippen molar-refractivity contribution >= 4 is 17.3 Å². The predicted molar refractivity (Wildman–Crippen MR) is 82.6 cm³/mol. The van der Waals surface area contributed by atoms with Gasteiger partial charge in [0, 0.05) is 12.2 Å².